The molecule has 0 spiro atoms. The summed E-state index contributed by atoms with van der Waals surface area (Å²) in [5.74, 6) is 1.40. The van der Waals surface area contributed by atoms with Crippen LogP contribution in [0.1, 0.15) is 18.4 Å². The molecule has 0 aliphatic carbocycles. The van der Waals surface area contributed by atoms with E-state index in [0.29, 0.717) is 12.4 Å². The van der Waals surface area contributed by atoms with Crippen LogP contribution in [0.4, 0.5) is 0 Å². The molecule has 0 heterocycles. The summed E-state index contributed by atoms with van der Waals surface area (Å²) in [5.41, 5.74) is 0.824. The third kappa shape index (κ3) is 4.02. The van der Waals surface area contributed by atoms with Crippen molar-refractivity contribution in [1.29, 1.82) is 0 Å². The number of ether oxygens (including phenoxy) is 2. The number of unbranched alkanes of at least 4 members (excludes halogenated alkanes) is 1. The fourth-order valence-corrected chi connectivity index (χ4v) is 1.70. The van der Waals surface area contributed by atoms with E-state index in [-0.39, 0.29) is 6.61 Å². The van der Waals surface area contributed by atoms with E-state index >= 15 is 0 Å². The van der Waals surface area contributed by atoms with E-state index in [1.807, 2.05) is 12.1 Å². The molecule has 0 radical (unpaired) electrons. The smallest absolute Gasteiger partial charge is 0.161 e. The lowest BCUT2D eigenvalue weighted by molar-refractivity contribution is 0.276. The average molecular weight is 289 g/mol. The van der Waals surface area contributed by atoms with E-state index in [4.69, 9.17) is 14.6 Å². The van der Waals surface area contributed by atoms with Crippen LogP contribution in [0.5, 0.6) is 11.5 Å². The third-order valence-electron chi connectivity index (χ3n) is 2.20. The van der Waals surface area contributed by atoms with Crippen LogP contribution in [0.2, 0.25) is 0 Å². The van der Waals surface area contributed by atoms with Gasteiger partial charge in [0.1, 0.15) is 0 Å². The minimum Gasteiger partial charge on any atom is -0.493 e. The van der Waals surface area contributed by atoms with Crippen molar-refractivity contribution in [1.82, 2.24) is 0 Å². The van der Waals surface area contributed by atoms with Gasteiger partial charge in [-0.05, 0) is 30.5 Å². The van der Waals surface area contributed by atoms with Crippen molar-refractivity contribution in [2.45, 2.75) is 19.4 Å². The summed E-state index contributed by atoms with van der Waals surface area (Å²) < 4.78 is 10.8. The first-order valence-corrected chi connectivity index (χ1v) is 6.40. The fourth-order valence-electron chi connectivity index (χ4n) is 1.31. The van der Waals surface area contributed by atoms with Gasteiger partial charge >= 0.3 is 0 Å². The molecule has 1 aromatic rings. The molecule has 1 rings (SSSR count). The summed E-state index contributed by atoms with van der Waals surface area (Å²) in [6.07, 6.45) is 2.10. The first kappa shape index (κ1) is 13.3. The van der Waals surface area contributed by atoms with Gasteiger partial charge in [-0.25, -0.2) is 0 Å². The first-order valence-electron chi connectivity index (χ1n) is 5.28. The van der Waals surface area contributed by atoms with E-state index < -0.39 is 0 Å². The maximum Gasteiger partial charge on any atom is 0.161 e. The van der Waals surface area contributed by atoms with Gasteiger partial charge in [0, 0.05) is 5.33 Å². The van der Waals surface area contributed by atoms with Crippen LogP contribution in [-0.4, -0.2) is 24.2 Å². The zero-order valence-electron chi connectivity index (χ0n) is 9.41. The van der Waals surface area contributed by atoms with Crippen LogP contribution < -0.4 is 9.47 Å². The highest BCUT2D eigenvalue weighted by Gasteiger charge is 2.04. The Morgan fingerprint density at radius 3 is 2.69 bits per heavy atom. The van der Waals surface area contributed by atoms with Crippen molar-refractivity contribution in [3.8, 4) is 11.5 Å². The Hall–Kier alpha value is -0.740. The number of methoxy groups -OCH3 is 1. The van der Waals surface area contributed by atoms with E-state index in [1.165, 1.54) is 0 Å². The number of hydrogen-bond donors (Lipinski definition) is 1. The largest absolute Gasteiger partial charge is 0.493 e. The van der Waals surface area contributed by atoms with Crippen molar-refractivity contribution in [3.05, 3.63) is 23.8 Å². The standard InChI is InChI=1S/C12H17BrO3/c1-15-12-8-10(9-14)4-5-11(12)16-7-3-2-6-13/h4-5,8,14H,2-3,6-7,9H2,1H3. The molecule has 16 heavy (non-hydrogen) atoms. The predicted molar refractivity (Wildman–Crippen MR) is 67.4 cm³/mol. The molecular formula is C12H17BrO3. The van der Waals surface area contributed by atoms with Crippen molar-refractivity contribution in [2.75, 3.05) is 19.0 Å². The maximum absolute atomic E-state index is 8.99. The van der Waals surface area contributed by atoms with Crippen LogP contribution in [0.3, 0.4) is 0 Å². The second-order valence-electron chi connectivity index (χ2n) is 3.39. The first-order chi connectivity index (χ1) is 7.81. The minimum atomic E-state index is 0.0141. The molecule has 0 bridgehead atoms. The number of rotatable bonds is 7. The van der Waals surface area contributed by atoms with Gasteiger partial charge in [0.15, 0.2) is 11.5 Å². The number of alkyl halides is 1. The molecule has 0 aliphatic rings. The Morgan fingerprint density at radius 2 is 2.06 bits per heavy atom. The quantitative estimate of drug-likeness (QED) is 0.619. The lowest BCUT2D eigenvalue weighted by Crippen LogP contribution is -2.00. The van der Waals surface area contributed by atoms with Crippen LogP contribution in [0.25, 0.3) is 0 Å². The average Bonchev–Trinajstić information content (AvgIpc) is 2.34. The Morgan fingerprint density at radius 1 is 1.25 bits per heavy atom. The summed E-state index contributed by atoms with van der Waals surface area (Å²) in [4.78, 5) is 0. The Balaban J connectivity index is 2.57. The second kappa shape index (κ2) is 7.52. The summed E-state index contributed by atoms with van der Waals surface area (Å²) in [5, 5.41) is 9.99. The minimum absolute atomic E-state index is 0.0141. The molecule has 0 aliphatic heterocycles. The van der Waals surface area contributed by atoms with E-state index in [0.717, 1.165) is 29.5 Å². The SMILES string of the molecule is COc1cc(CO)ccc1OCCCCBr. The zero-order chi connectivity index (χ0) is 11.8. The van der Waals surface area contributed by atoms with Crippen molar-refractivity contribution in [3.63, 3.8) is 0 Å². The normalized spacial score (nSPS) is 10.2. The summed E-state index contributed by atoms with van der Waals surface area (Å²) >= 11 is 3.37. The topological polar surface area (TPSA) is 38.7 Å². The summed E-state index contributed by atoms with van der Waals surface area (Å²) in [7, 11) is 1.60. The monoisotopic (exact) mass is 288 g/mol. The lowest BCUT2D eigenvalue weighted by Gasteiger charge is -2.11. The molecule has 0 saturated carbocycles. The highest BCUT2D eigenvalue weighted by Crippen LogP contribution is 2.28. The second-order valence-corrected chi connectivity index (χ2v) is 4.18. The number of benzene rings is 1. The summed E-state index contributed by atoms with van der Waals surface area (Å²) in [6.45, 7) is 0.695. The van der Waals surface area contributed by atoms with Gasteiger partial charge in [-0.1, -0.05) is 22.0 Å². The van der Waals surface area contributed by atoms with Crippen LogP contribution >= 0.6 is 15.9 Å². The molecule has 0 amide bonds. The van der Waals surface area contributed by atoms with Gasteiger partial charge in [0.25, 0.3) is 0 Å². The maximum atomic E-state index is 8.99. The number of aliphatic hydroxyl groups is 1. The molecule has 0 unspecified atom stereocenters. The lowest BCUT2D eigenvalue weighted by atomic mass is 10.2. The number of hydrogen-bond acceptors (Lipinski definition) is 3. The van der Waals surface area contributed by atoms with Crippen LogP contribution in [0.15, 0.2) is 18.2 Å². The third-order valence-corrected chi connectivity index (χ3v) is 2.76. The number of halogens is 1. The van der Waals surface area contributed by atoms with E-state index in [1.54, 1.807) is 13.2 Å². The Labute approximate surface area is 105 Å². The molecule has 4 heteroatoms. The van der Waals surface area contributed by atoms with E-state index in [9.17, 15) is 0 Å². The molecular weight excluding hydrogens is 272 g/mol. The molecule has 0 aromatic heterocycles. The molecule has 0 fully saturated rings. The van der Waals surface area contributed by atoms with Crippen molar-refractivity contribution in [2.24, 2.45) is 0 Å². The van der Waals surface area contributed by atoms with Crippen molar-refractivity contribution >= 4 is 15.9 Å². The van der Waals surface area contributed by atoms with E-state index in [2.05, 4.69) is 15.9 Å². The predicted octanol–water partition coefficient (Wildman–Crippen LogP) is 2.74. The molecule has 0 saturated heterocycles. The van der Waals surface area contributed by atoms with Gasteiger partial charge in [-0.15, -0.1) is 0 Å². The van der Waals surface area contributed by atoms with Gasteiger partial charge in [0.05, 0.1) is 20.3 Å². The van der Waals surface area contributed by atoms with Crippen LogP contribution in [-0.2, 0) is 6.61 Å². The van der Waals surface area contributed by atoms with Gasteiger partial charge < -0.3 is 14.6 Å². The van der Waals surface area contributed by atoms with Crippen LogP contribution in [0, 0.1) is 0 Å². The number of aliphatic hydroxyl groups excluding tert-OH is 1. The van der Waals surface area contributed by atoms with Gasteiger partial charge in [-0.2, -0.15) is 0 Å². The molecule has 3 nitrogen and oxygen atoms in total. The zero-order valence-corrected chi connectivity index (χ0v) is 11.0. The fraction of sp³-hybridized carbons (Fsp3) is 0.500. The Kier molecular flexibility index (Phi) is 6.26. The van der Waals surface area contributed by atoms with Crippen molar-refractivity contribution < 1.29 is 14.6 Å². The molecule has 90 valence electrons. The summed E-state index contributed by atoms with van der Waals surface area (Å²) in [6, 6.07) is 5.46. The molecule has 1 N–H and O–H groups in total. The molecule has 0 atom stereocenters. The highest BCUT2D eigenvalue weighted by molar-refractivity contribution is 9.09. The molecule has 1 aromatic carbocycles. The van der Waals surface area contributed by atoms with Gasteiger partial charge in [-0.3, -0.25) is 0 Å². The highest BCUT2D eigenvalue weighted by atomic mass is 79.9. The Bertz CT molecular complexity index is 315. The van der Waals surface area contributed by atoms with Gasteiger partial charge in [0.2, 0.25) is 0 Å².